The van der Waals surface area contributed by atoms with Crippen LogP contribution in [0.2, 0.25) is 0 Å². The van der Waals surface area contributed by atoms with Crippen LogP contribution in [0.4, 0.5) is 0 Å². The summed E-state index contributed by atoms with van der Waals surface area (Å²) in [5.74, 6) is 0.589. The van der Waals surface area contributed by atoms with Crippen LogP contribution in [0.25, 0.3) is 0 Å². The highest BCUT2D eigenvalue weighted by atomic mass is 16.5. The Morgan fingerprint density at radius 2 is 2.00 bits per heavy atom. The molecule has 1 fully saturated rings. The van der Waals surface area contributed by atoms with Crippen molar-refractivity contribution in [3.05, 3.63) is 41.1 Å². The second-order valence-corrected chi connectivity index (χ2v) is 7.25. The Hall–Kier alpha value is -2.50. The highest BCUT2D eigenvalue weighted by molar-refractivity contribution is 5.99. The topological polar surface area (TPSA) is 70.7 Å². The number of hydrogen-bond donors (Lipinski definition) is 2. The highest BCUT2D eigenvalue weighted by Crippen LogP contribution is 2.42. The summed E-state index contributed by atoms with van der Waals surface area (Å²) < 4.78 is 5.57. The zero-order chi connectivity index (χ0) is 18.3. The molecule has 2 aliphatic heterocycles. The van der Waals surface area contributed by atoms with E-state index in [2.05, 4.69) is 10.6 Å². The molecule has 4 rings (SSSR count). The molecule has 26 heavy (non-hydrogen) atoms. The van der Waals surface area contributed by atoms with E-state index in [1.54, 1.807) is 14.0 Å². The molecule has 0 radical (unpaired) electrons. The summed E-state index contributed by atoms with van der Waals surface area (Å²) in [5.41, 5.74) is 2.44. The molecule has 1 aliphatic carbocycles. The smallest absolute Gasteiger partial charge is 0.251 e. The summed E-state index contributed by atoms with van der Waals surface area (Å²) in [5, 5.41) is 6.52. The van der Waals surface area contributed by atoms with Gasteiger partial charge in [-0.1, -0.05) is 31.0 Å². The zero-order valence-corrected chi connectivity index (χ0v) is 15.2. The fraction of sp³-hybridized carbons (Fsp3) is 0.500. The van der Waals surface area contributed by atoms with Crippen LogP contribution in [0.5, 0.6) is 5.75 Å². The largest absolute Gasteiger partial charge is 0.496 e. The fourth-order valence-electron chi connectivity index (χ4n) is 4.69. The highest BCUT2D eigenvalue weighted by Gasteiger charge is 2.46. The van der Waals surface area contributed by atoms with E-state index in [4.69, 9.17) is 4.74 Å². The Labute approximate surface area is 153 Å². The van der Waals surface area contributed by atoms with Crippen molar-refractivity contribution in [2.75, 3.05) is 13.7 Å². The van der Waals surface area contributed by atoms with Crippen molar-refractivity contribution in [1.29, 1.82) is 0 Å². The Kier molecular flexibility index (Phi) is 4.34. The molecule has 6 nitrogen and oxygen atoms in total. The van der Waals surface area contributed by atoms with Gasteiger partial charge >= 0.3 is 0 Å². The number of benzene rings is 1. The average Bonchev–Trinajstić information content (AvgIpc) is 2.92. The van der Waals surface area contributed by atoms with E-state index in [1.165, 1.54) is 0 Å². The minimum atomic E-state index is -0.429. The van der Waals surface area contributed by atoms with Crippen molar-refractivity contribution in [2.24, 2.45) is 0 Å². The predicted molar refractivity (Wildman–Crippen MR) is 97.5 cm³/mol. The molecule has 138 valence electrons. The van der Waals surface area contributed by atoms with Gasteiger partial charge in [0.15, 0.2) is 0 Å². The van der Waals surface area contributed by atoms with Gasteiger partial charge in [0.25, 0.3) is 5.91 Å². The molecule has 3 aliphatic rings. The molecule has 0 saturated heterocycles. The Morgan fingerprint density at radius 1 is 1.23 bits per heavy atom. The van der Waals surface area contributed by atoms with Crippen LogP contribution in [0.3, 0.4) is 0 Å². The van der Waals surface area contributed by atoms with E-state index < -0.39 is 6.04 Å². The second kappa shape index (κ2) is 6.67. The number of amides is 2. The first-order valence-corrected chi connectivity index (χ1v) is 9.31. The normalized spacial score (nSPS) is 27.8. The van der Waals surface area contributed by atoms with Gasteiger partial charge < -0.3 is 20.3 Å². The first kappa shape index (κ1) is 16.9. The number of methoxy groups -OCH3 is 1. The Balaban J connectivity index is 1.91. The van der Waals surface area contributed by atoms with Gasteiger partial charge in [-0.15, -0.1) is 0 Å². The summed E-state index contributed by atoms with van der Waals surface area (Å²) in [6.07, 6.45) is 4.20. The molecule has 6 heteroatoms. The van der Waals surface area contributed by atoms with Crippen LogP contribution in [0.15, 0.2) is 35.5 Å². The number of carbonyl (C=O) groups is 2. The maximum absolute atomic E-state index is 12.8. The van der Waals surface area contributed by atoms with Gasteiger partial charge in [0.1, 0.15) is 5.75 Å². The summed E-state index contributed by atoms with van der Waals surface area (Å²) in [7, 11) is 1.62. The molecule has 0 bridgehead atoms. The Bertz CT molecular complexity index is 773. The maximum atomic E-state index is 12.8. The third-order valence-electron chi connectivity index (χ3n) is 5.79. The van der Waals surface area contributed by atoms with E-state index >= 15 is 0 Å². The van der Waals surface area contributed by atoms with Gasteiger partial charge in [-0.25, -0.2) is 0 Å². The second-order valence-electron chi connectivity index (χ2n) is 7.25. The third-order valence-corrected chi connectivity index (χ3v) is 5.79. The minimum Gasteiger partial charge on any atom is -0.496 e. The standard InChI is InChI=1S/C20H25N3O3/c1-12(24)23-16-9-5-4-8-14(16)22-15-11-21-20(25)18(15)19(23)13-7-3-6-10-17(13)26-2/h3,6-7,10,14,16,19,22H,4-5,8-9,11H2,1-2H3,(H,21,25)/t14-,16-,19-/m1/s1. The lowest BCUT2D eigenvalue weighted by Crippen LogP contribution is -2.53. The third kappa shape index (κ3) is 2.64. The monoisotopic (exact) mass is 355 g/mol. The number of ether oxygens (including phenoxy) is 1. The predicted octanol–water partition coefficient (Wildman–Crippen LogP) is 1.88. The van der Waals surface area contributed by atoms with E-state index in [-0.39, 0.29) is 23.9 Å². The van der Waals surface area contributed by atoms with Crippen molar-refractivity contribution in [3.8, 4) is 5.75 Å². The number of hydrogen-bond acceptors (Lipinski definition) is 4. The quantitative estimate of drug-likeness (QED) is 0.850. The molecule has 2 heterocycles. The van der Waals surface area contributed by atoms with Gasteiger partial charge in [-0.3, -0.25) is 9.59 Å². The van der Waals surface area contributed by atoms with Gasteiger partial charge in [0.05, 0.1) is 31.3 Å². The Morgan fingerprint density at radius 3 is 2.77 bits per heavy atom. The molecule has 2 N–H and O–H groups in total. The number of nitrogens with one attached hydrogen (secondary N) is 2. The molecular formula is C20H25N3O3. The molecule has 1 aromatic rings. The molecule has 3 atom stereocenters. The molecule has 0 aromatic heterocycles. The fourth-order valence-corrected chi connectivity index (χ4v) is 4.69. The maximum Gasteiger partial charge on any atom is 0.251 e. The van der Waals surface area contributed by atoms with Gasteiger partial charge in [0.2, 0.25) is 5.91 Å². The number of para-hydroxylation sites is 1. The first-order chi connectivity index (χ1) is 12.6. The van der Waals surface area contributed by atoms with Crippen molar-refractivity contribution in [1.82, 2.24) is 15.5 Å². The van der Waals surface area contributed by atoms with Crippen LogP contribution in [0.1, 0.15) is 44.2 Å². The van der Waals surface area contributed by atoms with E-state index in [0.717, 1.165) is 36.9 Å². The molecule has 1 aromatic carbocycles. The minimum absolute atomic E-state index is 0.00643. The van der Waals surface area contributed by atoms with Crippen LogP contribution in [0, 0.1) is 0 Å². The average molecular weight is 355 g/mol. The van der Waals surface area contributed by atoms with Crippen LogP contribution in [-0.2, 0) is 9.59 Å². The van der Waals surface area contributed by atoms with Crippen molar-refractivity contribution in [3.63, 3.8) is 0 Å². The van der Waals surface area contributed by atoms with Gasteiger partial charge in [-0.2, -0.15) is 0 Å². The molecule has 0 spiro atoms. The summed E-state index contributed by atoms with van der Waals surface area (Å²) in [4.78, 5) is 27.4. The number of fused-ring (bicyclic) bond motifs is 1. The molecule has 2 amide bonds. The van der Waals surface area contributed by atoms with Crippen LogP contribution >= 0.6 is 0 Å². The lowest BCUT2D eigenvalue weighted by Gasteiger charge is -2.42. The number of nitrogens with zero attached hydrogens (tertiary/aromatic N) is 1. The lowest BCUT2D eigenvalue weighted by atomic mass is 9.87. The van der Waals surface area contributed by atoms with Crippen molar-refractivity contribution < 1.29 is 14.3 Å². The molecule has 1 saturated carbocycles. The molecular weight excluding hydrogens is 330 g/mol. The van der Waals surface area contributed by atoms with Crippen molar-refractivity contribution >= 4 is 11.8 Å². The zero-order valence-electron chi connectivity index (χ0n) is 15.2. The number of rotatable bonds is 2. The summed E-state index contributed by atoms with van der Waals surface area (Å²) in [6.45, 7) is 2.10. The van der Waals surface area contributed by atoms with Gasteiger partial charge in [0, 0.05) is 24.2 Å². The number of carbonyl (C=O) groups excluding carboxylic acids is 2. The van der Waals surface area contributed by atoms with Crippen LogP contribution in [-0.4, -0.2) is 42.5 Å². The van der Waals surface area contributed by atoms with E-state index in [0.29, 0.717) is 17.9 Å². The van der Waals surface area contributed by atoms with E-state index in [9.17, 15) is 9.59 Å². The van der Waals surface area contributed by atoms with Crippen LogP contribution < -0.4 is 15.4 Å². The SMILES string of the molecule is COc1ccccc1[C@@H]1C2=C(CNC2=O)N[C@@H]2CCCC[C@H]2N1C(C)=O. The van der Waals surface area contributed by atoms with E-state index in [1.807, 2.05) is 29.2 Å². The van der Waals surface area contributed by atoms with Crippen molar-refractivity contribution in [2.45, 2.75) is 50.7 Å². The summed E-state index contributed by atoms with van der Waals surface area (Å²) >= 11 is 0. The lowest BCUT2D eigenvalue weighted by molar-refractivity contribution is -0.134. The van der Waals surface area contributed by atoms with Gasteiger partial charge in [-0.05, 0) is 18.9 Å². The molecule has 0 unspecified atom stereocenters. The first-order valence-electron chi connectivity index (χ1n) is 9.31. The summed E-state index contributed by atoms with van der Waals surface area (Å²) in [6, 6.07) is 7.51.